The molecule has 0 aliphatic rings. The summed E-state index contributed by atoms with van der Waals surface area (Å²) in [6.07, 6.45) is 4.31. The summed E-state index contributed by atoms with van der Waals surface area (Å²) < 4.78 is 0. The van der Waals surface area contributed by atoms with Crippen molar-refractivity contribution >= 4 is 11.8 Å². The quantitative estimate of drug-likeness (QED) is 0.534. The Morgan fingerprint density at radius 1 is 1.56 bits per heavy atom. The molecule has 0 aromatic rings. The monoisotopic (exact) mass is 142 g/mol. The lowest BCUT2D eigenvalue weighted by Crippen LogP contribution is -1.86. The van der Waals surface area contributed by atoms with Gasteiger partial charge in [0, 0.05) is 6.42 Å². The zero-order chi connectivity index (χ0) is 7.11. The molecule has 0 rings (SSSR count). The first-order valence-electron chi connectivity index (χ1n) is 3.32. The largest absolute Gasteiger partial charge is 0.149 e. The summed E-state index contributed by atoms with van der Waals surface area (Å²) in [5, 5.41) is 0.511. The van der Waals surface area contributed by atoms with Crippen LogP contribution in [0.2, 0.25) is 0 Å². The maximum absolute atomic E-state index is 3.15. The predicted octanol–water partition coefficient (Wildman–Crippen LogP) is 2.54. The third-order valence-corrected chi connectivity index (χ3v) is 1.86. The van der Waals surface area contributed by atoms with Crippen LogP contribution in [0.15, 0.2) is 0 Å². The summed E-state index contributed by atoms with van der Waals surface area (Å²) in [4.78, 5) is 0. The summed E-state index contributed by atoms with van der Waals surface area (Å²) >= 11 is 1.80. The fourth-order valence-electron chi connectivity index (χ4n) is 0.400. The third-order valence-electron chi connectivity index (χ3n) is 1.03. The number of unbranched alkanes of at least 4 members (excludes halogenated alkanes) is 1. The van der Waals surface area contributed by atoms with Crippen LogP contribution in [0.1, 0.15) is 26.7 Å². The molecular formula is C8H14S. The van der Waals surface area contributed by atoms with Crippen molar-refractivity contribution < 1.29 is 0 Å². The van der Waals surface area contributed by atoms with Crippen molar-refractivity contribution in [2.45, 2.75) is 31.9 Å². The zero-order valence-electron chi connectivity index (χ0n) is 6.40. The van der Waals surface area contributed by atoms with Gasteiger partial charge < -0.3 is 0 Å². The van der Waals surface area contributed by atoms with E-state index in [9.17, 15) is 0 Å². The lowest BCUT2D eigenvalue weighted by Gasteiger charge is -1.93. The fraction of sp³-hybridized carbons (Fsp3) is 0.750. The van der Waals surface area contributed by atoms with Crippen molar-refractivity contribution in [2.75, 3.05) is 6.26 Å². The first-order valence-corrected chi connectivity index (χ1v) is 4.61. The second-order valence-electron chi connectivity index (χ2n) is 1.95. The molecule has 0 aromatic heterocycles. The molecule has 52 valence electrons. The van der Waals surface area contributed by atoms with Crippen LogP contribution in [-0.4, -0.2) is 11.5 Å². The van der Waals surface area contributed by atoms with Gasteiger partial charge in [-0.15, -0.1) is 17.7 Å². The minimum Gasteiger partial charge on any atom is -0.149 e. The van der Waals surface area contributed by atoms with E-state index in [1.54, 1.807) is 11.8 Å². The molecule has 0 amide bonds. The van der Waals surface area contributed by atoms with Gasteiger partial charge in [0.2, 0.25) is 0 Å². The van der Waals surface area contributed by atoms with Gasteiger partial charge in [0.1, 0.15) is 0 Å². The molecule has 0 fully saturated rings. The van der Waals surface area contributed by atoms with Crippen molar-refractivity contribution in [1.82, 2.24) is 0 Å². The van der Waals surface area contributed by atoms with Crippen LogP contribution in [-0.2, 0) is 0 Å². The molecule has 0 saturated heterocycles. The Balaban J connectivity index is 3.33. The van der Waals surface area contributed by atoms with Crippen LogP contribution >= 0.6 is 11.8 Å². The van der Waals surface area contributed by atoms with Crippen LogP contribution in [0, 0.1) is 11.8 Å². The lowest BCUT2D eigenvalue weighted by molar-refractivity contribution is 0.981. The molecule has 1 heteroatoms. The summed E-state index contributed by atoms with van der Waals surface area (Å²) in [7, 11) is 0. The molecule has 0 saturated carbocycles. The van der Waals surface area contributed by atoms with E-state index >= 15 is 0 Å². The first kappa shape index (κ1) is 8.91. The van der Waals surface area contributed by atoms with E-state index in [-0.39, 0.29) is 0 Å². The van der Waals surface area contributed by atoms with Gasteiger partial charge in [-0.3, -0.25) is 0 Å². The predicted molar refractivity (Wildman–Crippen MR) is 45.7 cm³/mol. The molecule has 9 heavy (non-hydrogen) atoms. The number of hydrogen-bond acceptors (Lipinski definition) is 1. The fourth-order valence-corrected chi connectivity index (χ4v) is 0.601. The van der Waals surface area contributed by atoms with Gasteiger partial charge in [0.15, 0.2) is 0 Å². The van der Waals surface area contributed by atoms with Crippen molar-refractivity contribution in [1.29, 1.82) is 0 Å². The Morgan fingerprint density at radius 2 is 2.22 bits per heavy atom. The van der Waals surface area contributed by atoms with E-state index in [4.69, 9.17) is 0 Å². The Bertz CT molecular complexity index is 107. The van der Waals surface area contributed by atoms with Gasteiger partial charge in [0.05, 0.1) is 5.25 Å². The lowest BCUT2D eigenvalue weighted by atomic mass is 10.3. The standard InChI is InChI=1S/C8H14S/c1-4-5-6-7-8(2)9-3/h8H,4-5H2,1-3H3. The summed E-state index contributed by atoms with van der Waals surface area (Å²) in [6.45, 7) is 4.28. The van der Waals surface area contributed by atoms with Crippen molar-refractivity contribution in [3.05, 3.63) is 0 Å². The number of hydrogen-bond donors (Lipinski definition) is 0. The minimum absolute atomic E-state index is 0.511. The van der Waals surface area contributed by atoms with Crippen LogP contribution in [0.5, 0.6) is 0 Å². The maximum Gasteiger partial charge on any atom is 0.0626 e. The van der Waals surface area contributed by atoms with Crippen LogP contribution < -0.4 is 0 Å². The molecule has 0 aromatic carbocycles. The highest BCUT2D eigenvalue weighted by Gasteiger charge is 1.87. The highest BCUT2D eigenvalue weighted by molar-refractivity contribution is 7.99. The van der Waals surface area contributed by atoms with Crippen molar-refractivity contribution in [3.63, 3.8) is 0 Å². The third kappa shape index (κ3) is 5.79. The Morgan fingerprint density at radius 3 is 2.67 bits per heavy atom. The van der Waals surface area contributed by atoms with Gasteiger partial charge in [-0.1, -0.05) is 12.8 Å². The van der Waals surface area contributed by atoms with Gasteiger partial charge in [0.25, 0.3) is 0 Å². The molecule has 0 radical (unpaired) electrons. The molecule has 0 nitrogen and oxygen atoms in total. The van der Waals surface area contributed by atoms with E-state index in [2.05, 4.69) is 31.9 Å². The first-order chi connectivity index (χ1) is 4.31. The number of thioether (sulfide) groups is 1. The van der Waals surface area contributed by atoms with E-state index in [1.807, 2.05) is 0 Å². The Hall–Kier alpha value is -0.0900. The minimum atomic E-state index is 0.511. The van der Waals surface area contributed by atoms with E-state index < -0.39 is 0 Å². The highest BCUT2D eigenvalue weighted by Crippen LogP contribution is 2.02. The Kier molecular flexibility index (Phi) is 5.98. The van der Waals surface area contributed by atoms with E-state index in [1.165, 1.54) is 6.42 Å². The van der Waals surface area contributed by atoms with Gasteiger partial charge >= 0.3 is 0 Å². The average molecular weight is 142 g/mol. The van der Waals surface area contributed by atoms with Gasteiger partial charge in [-0.2, -0.15) is 0 Å². The molecule has 1 unspecified atom stereocenters. The molecular weight excluding hydrogens is 128 g/mol. The van der Waals surface area contributed by atoms with E-state index in [0.717, 1.165) is 6.42 Å². The smallest absolute Gasteiger partial charge is 0.0626 e. The molecule has 0 aliphatic carbocycles. The number of rotatable bonds is 2. The van der Waals surface area contributed by atoms with Crippen LogP contribution in [0.25, 0.3) is 0 Å². The van der Waals surface area contributed by atoms with Crippen LogP contribution in [0.4, 0.5) is 0 Å². The van der Waals surface area contributed by atoms with Crippen LogP contribution in [0.3, 0.4) is 0 Å². The summed E-state index contributed by atoms with van der Waals surface area (Å²) in [6, 6.07) is 0. The normalized spacial score (nSPS) is 11.9. The van der Waals surface area contributed by atoms with Gasteiger partial charge in [-0.25, -0.2) is 0 Å². The van der Waals surface area contributed by atoms with Crippen molar-refractivity contribution in [3.8, 4) is 11.8 Å². The molecule has 0 spiro atoms. The second kappa shape index (κ2) is 6.04. The summed E-state index contributed by atoms with van der Waals surface area (Å²) in [5.74, 6) is 6.26. The van der Waals surface area contributed by atoms with Crippen molar-refractivity contribution in [2.24, 2.45) is 0 Å². The van der Waals surface area contributed by atoms with E-state index in [0.29, 0.717) is 5.25 Å². The van der Waals surface area contributed by atoms with Gasteiger partial charge in [-0.05, 0) is 19.6 Å². The molecule has 0 N–H and O–H groups in total. The second-order valence-corrected chi connectivity index (χ2v) is 3.13. The average Bonchev–Trinajstić information content (AvgIpc) is 1.89. The molecule has 0 aliphatic heterocycles. The Labute approximate surface area is 62.4 Å². The molecule has 1 atom stereocenters. The molecule has 0 heterocycles. The highest BCUT2D eigenvalue weighted by atomic mass is 32.2. The zero-order valence-corrected chi connectivity index (χ0v) is 7.22. The SMILES string of the molecule is CCCC#CC(C)SC. The topological polar surface area (TPSA) is 0 Å². The molecule has 0 bridgehead atoms. The maximum atomic E-state index is 3.15. The summed E-state index contributed by atoms with van der Waals surface area (Å²) in [5.41, 5.74) is 0.